The zero-order valence-corrected chi connectivity index (χ0v) is 20.7. The molecule has 0 spiro atoms. The van der Waals surface area contributed by atoms with E-state index in [0.717, 1.165) is 45.5 Å². The highest BCUT2D eigenvalue weighted by atomic mass is 19.4. The van der Waals surface area contributed by atoms with Crippen molar-refractivity contribution in [3.8, 4) is 11.4 Å². The molecule has 0 saturated carbocycles. The Hall–Kier alpha value is -3.48. The van der Waals surface area contributed by atoms with Gasteiger partial charge in [-0.1, -0.05) is 50.2 Å². The molecule has 7 heteroatoms. The number of halogens is 3. The van der Waals surface area contributed by atoms with Crippen molar-refractivity contribution < 1.29 is 17.9 Å². The standard InChI is InChI=1S/C29H30F3N3O/c1-19-14-25(23-18-34-35(26(23)15-19)22-9-5-4-6-10-22)33-17-21(29(30,31)32)16-28(2,3)24-11-7-8-20-12-13-36-27(20)24/h4-11,14-15,18,21,33H,12-13,16-17H2,1-3H3. The lowest BCUT2D eigenvalue weighted by Crippen LogP contribution is -2.35. The van der Waals surface area contributed by atoms with Crippen molar-refractivity contribution in [3.05, 3.63) is 83.6 Å². The highest BCUT2D eigenvalue weighted by Gasteiger charge is 2.43. The Morgan fingerprint density at radius 2 is 1.83 bits per heavy atom. The van der Waals surface area contributed by atoms with Crippen molar-refractivity contribution in [2.24, 2.45) is 5.92 Å². The van der Waals surface area contributed by atoms with Crippen LogP contribution in [-0.4, -0.2) is 29.1 Å². The van der Waals surface area contributed by atoms with Crippen molar-refractivity contribution in [3.63, 3.8) is 0 Å². The van der Waals surface area contributed by atoms with Gasteiger partial charge in [0.1, 0.15) is 5.75 Å². The molecule has 1 aliphatic rings. The number of hydrogen-bond donors (Lipinski definition) is 1. The molecule has 5 rings (SSSR count). The van der Waals surface area contributed by atoms with Crippen LogP contribution in [-0.2, 0) is 11.8 Å². The fraction of sp³-hybridized carbons (Fsp3) is 0.345. The molecule has 3 aromatic carbocycles. The lowest BCUT2D eigenvalue weighted by Gasteiger charge is -2.33. The maximum absolute atomic E-state index is 14.3. The van der Waals surface area contributed by atoms with E-state index in [2.05, 4.69) is 10.4 Å². The summed E-state index contributed by atoms with van der Waals surface area (Å²) in [7, 11) is 0. The summed E-state index contributed by atoms with van der Waals surface area (Å²) in [4.78, 5) is 0. The molecule has 1 unspecified atom stereocenters. The van der Waals surface area contributed by atoms with E-state index in [4.69, 9.17) is 4.74 Å². The molecule has 1 N–H and O–H groups in total. The summed E-state index contributed by atoms with van der Waals surface area (Å²) in [6.45, 7) is 6.04. The highest BCUT2D eigenvalue weighted by Crippen LogP contribution is 2.44. The van der Waals surface area contributed by atoms with E-state index < -0.39 is 17.5 Å². The van der Waals surface area contributed by atoms with E-state index >= 15 is 0 Å². The topological polar surface area (TPSA) is 39.1 Å². The zero-order valence-electron chi connectivity index (χ0n) is 20.7. The number of aryl methyl sites for hydroxylation is 1. The number of hydrogen-bond acceptors (Lipinski definition) is 3. The minimum atomic E-state index is -4.35. The Labute approximate surface area is 209 Å². The second kappa shape index (κ2) is 9.19. The molecule has 0 amide bonds. The van der Waals surface area contributed by atoms with Gasteiger partial charge in [-0.2, -0.15) is 18.3 Å². The quantitative estimate of drug-likeness (QED) is 0.295. The van der Waals surface area contributed by atoms with Gasteiger partial charge < -0.3 is 10.1 Å². The molecule has 2 heterocycles. The van der Waals surface area contributed by atoms with E-state index in [1.165, 1.54) is 0 Å². The summed E-state index contributed by atoms with van der Waals surface area (Å²) in [5.74, 6) is -0.783. The molecule has 36 heavy (non-hydrogen) atoms. The largest absolute Gasteiger partial charge is 0.493 e. The first-order valence-electron chi connectivity index (χ1n) is 12.2. The first-order valence-corrected chi connectivity index (χ1v) is 12.2. The van der Waals surface area contributed by atoms with Gasteiger partial charge >= 0.3 is 6.18 Å². The third-order valence-electron chi connectivity index (χ3n) is 7.04. The molecule has 0 fully saturated rings. The number of fused-ring (bicyclic) bond motifs is 2. The number of nitrogens with zero attached hydrogens (tertiary/aromatic N) is 2. The molecular weight excluding hydrogens is 463 g/mol. The van der Waals surface area contributed by atoms with E-state index in [-0.39, 0.29) is 13.0 Å². The van der Waals surface area contributed by atoms with Crippen molar-refractivity contribution in [1.29, 1.82) is 0 Å². The van der Waals surface area contributed by atoms with Crippen LogP contribution in [0.5, 0.6) is 5.75 Å². The first-order chi connectivity index (χ1) is 17.1. The molecule has 0 aliphatic carbocycles. The maximum Gasteiger partial charge on any atom is 0.393 e. The van der Waals surface area contributed by atoms with Crippen LogP contribution in [0.4, 0.5) is 18.9 Å². The Bertz CT molecular complexity index is 1380. The van der Waals surface area contributed by atoms with Crippen LogP contribution in [0, 0.1) is 12.8 Å². The number of aromatic nitrogens is 2. The molecule has 0 radical (unpaired) electrons. The normalized spacial score (nSPS) is 14.5. The zero-order chi connectivity index (χ0) is 25.5. The molecular formula is C29H30F3N3O. The van der Waals surface area contributed by atoms with Crippen LogP contribution in [0.2, 0.25) is 0 Å². The molecule has 4 aromatic rings. The van der Waals surface area contributed by atoms with E-state index in [1.807, 2.05) is 86.1 Å². The van der Waals surface area contributed by atoms with E-state index in [1.54, 1.807) is 6.20 Å². The molecule has 188 valence electrons. The Balaban J connectivity index is 1.42. The van der Waals surface area contributed by atoms with Gasteiger partial charge in [-0.25, -0.2) is 4.68 Å². The van der Waals surface area contributed by atoms with Crippen LogP contribution in [0.25, 0.3) is 16.6 Å². The predicted molar refractivity (Wildman–Crippen MR) is 137 cm³/mol. The smallest absolute Gasteiger partial charge is 0.393 e. The molecule has 0 saturated heterocycles. The van der Waals surface area contributed by atoms with Crippen molar-refractivity contribution in [1.82, 2.24) is 9.78 Å². The average molecular weight is 494 g/mol. The van der Waals surface area contributed by atoms with Crippen LogP contribution in [0.15, 0.2) is 66.9 Å². The lowest BCUT2D eigenvalue weighted by molar-refractivity contribution is -0.175. The van der Waals surface area contributed by atoms with Crippen molar-refractivity contribution in [2.75, 3.05) is 18.5 Å². The second-order valence-electron chi connectivity index (χ2n) is 10.2. The Kier molecular flexibility index (Phi) is 6.18. The number of rotatable bonds is 7. The van der Waals surface area contributed by atoms with Crippen molar-refractivity contribution >= 4 is 16.6 Å². The van der Waals surface area contributed by atoms with Crippen LogP contribution in [0.1, 0.15) is 37.0 Å². The molecule has 1 aliphatic heterocycles. The van der Waals surface area contributed by atoms with Gasteiger partial charge in [0, 0.05) is 29.6 Å². The van der Waals surface area contributed by atoms with Gasteiger partial charge in [-0.05, 0) is 54.2 Å². The van der Waals surface area contributed by atoms with Gasteiger partial charge in [0.2, 0.25) is 0 Å². The van der Waals surface area contributed by atoms with Crippen LogP contribution in [0.3, 0.4) is 0 Å². The summed E-state index contributed by atoms with van der Waals surface area (Å²) in [5.41, 5.74) is 4.55. The third kappa shape index (κ3) is 4.66. The van der Waals surface area contributed by atoms with Gasteiger partial charge in [0.05, 0.1) is 29.9 Å². The SMILES string of the molecule is Cc1cc(NCC(CC(C)(C)c2cccc3c2OCC3)C(F)(F)F)c2cnn(-c3ccccc3)c2c1. The molecule has 1 aromatic heterocycles. The average Bonchev–Trinajstić information content (AvgIpc) is 3.48. The number of benzene rings is 3. The molecule has 4 nitrogen and oxygen atoms in total. The van der Waals surface area contributed by atoms with Gasteiger partial charge in [0.25, 0.3) is 0 Å². The minimum Gasteiger partial charge on any atom is -0.493 e. The van der Waals surface area contributed by atoms with Crippen LogP contribution < -0.4 is 10.1 Å². The fourth-order valence-electron chi connectivity index (χ4n) is 5.20. The number of alkyl halides is 3. The number of ether oxygens (including phenoxy) is 1. The van der Waals surface area contributed by atoms with Gasteiger partial charge in [-0.3, -0.25) is 0 Å². The Morgan fingerprint density at radius 3 is 2.58 bits per heavy atom. The van der Waals surface area contributed by atoms with E-state index in [9.17, 15) is 13.2 Å². The van der Waals surface area contributed by atoms with Crippen LogP contribution >= 0.6 is 0 Å². The maximum atomic E-state index is 14.3. The van der Waals surface area contributed by atoms with Crippen molar-refractivity contribution in [2.45, 2.75) is 45.2 Å². The second-order valence-corrected chi connectivity index (χ2v) is 10.2. The minimum absolute atomic E-state index is 0.0540. The number of para-hydroxylation sites is 2. The molecule has 1 atom stereocenters. The summed E-state index contributed by atoms with van der Waals surface area (Å²) in [6, 6.07) is 19.4. The highest BCUT2D eigenvalue weighted by molar-refractivity contribution is 5.93. The summed E-state index contributed by atoms with van der Waals surface area (Å²) >= 11 is 0. The number of anilines is 1. The predicted octanol–water partition coefficient (Wildman–Crippen LogP) is 7.23. The third-order valence-corrected chi connectivity index (χ3v) is 7.04. The first kappa shape index (κ1) is 24.2. The summed E-state index contributed by atoms with van der Waals surface area (Å²) < 4.78 is 50.4. The van der Waals surface area contributed by atoms with E-state index in [0.29, 0.717) is 12.3 Å². The lowest BCUT2D eigenvalue weighted by atomic mass is 9.76. The fourth-order valence-corrected chi connectivity index (χ4v) is 5.20. The Morgan fingerprint density at radius 1 is 1.06 bits per heavy atom. The van der Waals surface area contributed by atoms with Gasteiger partial charge in [0.15, 0.2) is 0 Å². The monoisotopic (exact) mass is 493 g/mol. The van der Waals surface area contributed by atoms with Gasteiger partial charge in [-0.15, -0.1) is 0 Å². The summed E-state index contributed by atoms with van der Waals surface area (Å²) in [5, 5.41) is 8.43. The molecule has 0 bridgehead atoms. The summed E-state index contributed by atoms with van der Waals surface area (Å²) in [6.07, 6.45) is -1.90. The number of nitrogens with one attached hydrogen (secondary N) is 1.